The van der Waals surface area contributed by atoms with Crippen LogP contribution in [-0.4, -0.2) is 36.5 Å². The van der Waals surface area contributed by atoms with Crippen molar-refractivity contribution in [2.45, 2.75) is 31.8 Å². The number of hydrogen-bond donors (Lipinski definition) is 1. The summed E-state index contributed by atoms with van der Waals surface area (Å²) in [5.41, 5.74) is 1.23. The summed E-state index contributed by atoms with van der Waals surface area (Å²) in [6.07, 6.45) is 1.81. The average Bonchev–Trinajstić information content (AvgIpc) is 2.64. The third-order valence-corrected chi connectivity index (χ3v) is 3.62. The summed E-state index contributed by atoms with van der Waals surface area (Å²) in [7, 11) is 1.86. The minimum absolute atomic E-state index is 0.0164. The van der Waals surface area contributed by atoms with Crippen molar-refractivity contribution in [3.8, 4) is 0 Å². The number of carbonyl (C=O) groups is 1. The number of nitrogens with zero attached hydrogens (tertiary/aromatic N) is 1. The fraction of sp³-hybridized carbons (Fsp3) is 0.500. The zero-order chi connectivity index (χ0) is 13.1. The van der Waals surface area contributed by atoms with Crippen molar-refractivity contribution < 1.29 is 4.79 Å². The van der Waals surface area contributed by atoms with Crippen LogP contribution in [-0.2, 0) is 11.2 Å². The molecule has 1 N–H and O–H groups in total. The molecule has 4 heteroatoms. The van der Waals surface area contributed by atoms with Gasteiger partial charge in [0, 0.05) is 24.7 Å². The Bertz CT molecular complexity index is 418. The number of rotatable bonds is 4. The first-order valence-electron chi connectivity index (χ1n) is 6.31. The maximum Gasteiger partial charge on any atom is 0.239 e. The zero-order valence-electron chi connectivity index (χ0n) is 10.8. The molecule has 0 saturated carbocycles. The van der Waals surface area contributed by atoms with Crippen molar-refractivity contribution in [1.29, 1.82) is 0 Å². The molecule has 0 aromatic heterocycles. The molecular weight excluding hydrogens is 248 g/mol. The van der Waals surface area contributed by atoms with Crippen LogP contribution in [0.1, 0.15) is 18.9 Å². The standard InChI is InChI=1S/C14H19ClN2O/c1-10(9-11-3-5-12(15)6-4-11)16-13-7-8-17(2)14(13)18/h3-6,10,13,16H,7-9H2,1-2H3. The first-order chi connectivity index (χ1) is 8.56. The van der Waals surface area contributed by atoms with Crippen molar-refractivity contribution in [3.63, 3.8) is 0 Å². The highest BCUT2D eigenvalue weighted by Gasteiger charge is 2.29. The van der Waals surface area contributed by atoms with Gasteiger partial charge in [-0.2, -0.15) is 0 Å². The summed E-state index contributed by atoms with van der Waals surface area (Å²) in [6, 6.07) is 8.13. The predicted octanol–water partition coefficient (Wildman–Crippen LogP) is 2.09. The average molecular weight is 267 g/mol. The molecule has 1 aliphatic heterocycles. The number of likely N-dealkylation sites (N-methyl/N-ethyl adjacent to an activating group) is 1. The Hall–Kier alpha value is -1.06. The van der Waals surface area contributed by atoms with Gasteiger partial charge in [-0.25, -0.2) is 0 Å². The van der Waals surface area contributed by atoms with Crippen LogP contribution in [0.4, 0.5) is 0 Å². The van der Waals surface area contributed by atoms with Crippen molar-refractivity contribution in [3.05, 3.63) is 34.9 Å². The van der Waals surface area contributed by atoms with Gasteiger partial charge in [0.25, 0.3) is 0 Å². The molecule has 2 unspecified atom stereocenters. The maximum atomic E-state index is 11.8. The molecule has 2 rings (SSSR count). The van der Waals surface area contributed by atoms with Gasteiger partial charge in [-0.05, 0) is 37.5 Å². The van der Waals surface area contributed by atoms with E-state index in [2.05, 4.69) is 12.2 Å². The lowest BCUT2D eigenvalue weighted by atomic mass is 10.1. The van der Waals surface area contributed by atoms with Crippen molar-refractivity contribution in [2.75, 3.05) is 13.6 Å². The molecule has 0 radical (unpaired) electrons. The van der Waals surface area contributed by atoms with Crippen molar-refractivity contribution >= 4 is 17.5 Å². The van der Waals surface area contributed by atoms with Gasteiger partial charge in [0.05, 0.1) is 6.04 Å². The Labute approximate surface area is 113 Å². The Kier molecular flexibility index (Phi) is 4.25. The number of amides is 1. The van der Waals surface area contributed by atoms with Crippen LogP contribution < -0.4 is 5.32 Å². The van der Waals surface area contributed by atoms with Gasteiger partial charge in [-0.3, -0.25) is 4.79 Å². The van der Waals surface area contributed by atoms with E-state index >= 15 is 0 Å². The Morgan fingerprint density at radius 2 is 2.11 bits per heavy atom. The second kappa shape index (κ2) is 5.72. The van der Waals surface area contributed by atoms with Crippen LogP contribution in [0, 0.1) is 0 Å². The summed E-state index contributed by atoms with van der Waals surface area (Å²) in [4.78, 5) is 13.6. The Balaban J connectivity index is 1.87. The second-order valence-electron chi connectivity index (χ2n) is 5.00. The molecule has 98 valence electrons. The smallest absolute Gasteiger partial charge is 0.239 e. The van der Waals surface area contributed by atoms with Crippen LogP contribution in [0.2, 0.25) is 5.02 Å². The highest BCUT2D eigenvalue weighted by molar-refractivity contribution is 6.30. The van der Waals surface area contributed by atoms with Gasteiger partial charge in [0.15, 0.2) is 0 Å². The van der Waals surface area contributed by atoms with E-state index in [1.54, 1.807) is 4.90 Å². The van der Waals surface area contributed by atoms with Crippen molar-refractivity contribution in [1.82, 2.24) is 10.2 Å². The lowest BCUT2D eigenvalue weighted by molar-refractivity contribution is -0.128. The van der Waals surface area contributed by atoms with E-state index < -0.39 is 0 Å². The number of carbonyl (C=O) groups excluding carboxylic acids is 1. The minimum Gasteiger partial charge on any atom is -0.344 e. The molecule has 0 spiro atoms. The maximum absolute atomic E-state index is 11.8. The summed E-state index contributed by atoms with van der Waals surface area (Å²) >= 11 is 5.86. The fourth-order valence-electron chi connectivity index (χ4n) is 2.35. The predicted molar refractivity (Wildman–Crippen MR) is 73.8 cm³/mol. The molecule has 1 saturated heterocycles. The molecule has 1 aromatic rings. The van der Waals surface area contributed by atoms with Gasteiger partial charge in [-0.15, -0.1) is 0 Å². The lowest BCUT2D eigenvalue weighted by Gasteiger charge is -2.18. The first kappa shape index (κ1) is 13.4. The van der Waals surface area contributed by atoms with E-state index in [-0.39, 0.29) is 18.0 Å². The molecule has 1 amide bonds. The molecule has 1 heterocycles. The first-order valence-corrected chi connectivity index (χ1v) is 6.69. The number of likely N-dealkylation sites (tertiary alicyclic amines) is 1. The fourth-order valence-corrected chi connectivity index (χ4v) is 2.48. The van der Waals surface area contributed by atoms with E-state index in [0.29, 0.717) is 0 Å². The van der Waals surface area contributed by atoms with E-state index in [9.17, 15) is 4.79 Å². The molecule has 3 nitrogen and oxygen atoms in total. The van der Waals surface area contributed by atoms with Gasteiger partial charge in [-0.1, -0.05) is 23.7 Å². The summed E-state index contributed by atoms with van der Waals surface area (Å²) in [6.45, 7) is 2.96. The van der Waals surface area contributed by atoms with E-state index in [4.69, 9.17) is 11.6 Å². The summed E-state index contributed by atoms with van der Waals surface area (Å²) in [5.74, 6) is 0.206. The van der Waals surface area contributed by atoms with Crippen LogP contribution in [0.25, 0.3) is 0 Å². The van der Waals surface area contributed by atoms with E-state index in [1.807, 2.05) is 31.3 Å². The van der Waals surface area contributed by atoms with Gasteiger partial charge in [0.2, 0.25) is 5.91 Å². The number of benzene rings is 1. The van der Waals surface area contributed by atoms with Crippen LogP contribution in [0.5, 0.6) is 0 Å². The minimum atomic E-state index is -0.0164. The van der Waals surface area contributed by atoms with Crippen LogP contribution in [0.3, 0.4) is 0 Å². The summed E-state index contributed by atoms with van der Waals surface area (Å²) in [5, 5.41) is 4.15. The van der Waals surface area contributed by atoms with Gasteiger partial charge < -0.3 is 10.2 Å². The van der Waals surface area contributed by atoms with Crippen LogP contribution in [0.15, 0.2) is 24.3 Å². The van der Waals surface area contributed by atoms with Crippen LogP contribution >= 0.6 is 11.6 Å². The van der Waals surface area contributed by atoms with Gasteiger partial charge >= 0.3 is 0 Å². The lowest BCUT2D eigenvalue weighted by Crippen LogP contribution is -2.42. The molecule has 1 aromatic carbocycles. The largest absolute Gasteiger partial charge is 0.344 e. The Morgan fingerprint density at radius 1 is 1.44 bits per heavy atom. The van der Waals surface area contributed by atoms with E-state index in [1.165, 1.54) is 5.56 Å². The third kappa shape index (κ3) is 3.24. The van der Waals surface area contributed by atoms with Crippen molar-refractivity contribution in [2.24, 2.45) is 0 Å². The number of nitrogens with one attached hydrogen (secondary N) is 1. The molecular formula is C14H19ClN2O. The molecule has 0 bridgehead atoms. The molecule has 2 atom stereocenters. The summed E-state index contributed by atoms with van der Waals surface area (Å²) < 4.78 is 0. The topological polar surface area (TPSA) is 32.3 Å². The highest BCUT2D eigenvalue weighted by Crippen LogP contribution is 2.13. The molecule has 1 aliphatic rings. The molecule has 0 aliphatic carbocycles. The Morgan fingerprint density at radius 3 is 2.67 bits per heavy atom. The molecule has 1 fully saturated rings. The molecule has 18 heavy (non-hydrogen) atoms. The number of hydrogen-bond acceptors (Lipinski definition) is 2. The number of halogens is 1. The van der Waals surface area contributed by atoms with Gasteiger partial charge in [0.1, 0.15) is 0 Å². The normalized spacial score (nSPS) is 21.4. The second-order valence-corrected chi connectivity index (χ2v) is 5.44. The highest BCUT2D eigenvalue weighted by atomic mass is 35.5. The quantitative estimate of drug-likeness (QED) is 0.905. The zero-order valence-corrected chi connectivity index (χ0v) is 11.6. The third-order valence-electron chi connectivity index (χ3n) is 3.37. The SMILES string of the molecule is CC(Cc1ccc(Cl)cc1)NC1CCN(C)C1=O. The van der Waals surface area contributed by atoms with E-state index in [0.717, 1.165) is 24.4 Å². The monoisotopic (exact) mass is 266 g/mol.